The molecule has 0 aromatic heterocycles. The largest absolute Gasteiger partial charge is 0.443 e. The van der Waals surface area contributed by atoms with Gasteiger partial charge in [-0.25, -0.2) is 14.0 Å². The summed E-state index contributed by atoms with van der Waals surface area (Å²) >= 11 is 0. The highest BCUT2D eigenvalue weighted by Gasteiger charge is 2.39. The predicted molar refractivity (Wildman–Crippen MR) is 98.6 cm³/mol. The van der Waals surface area contributed by atoms with Crippen LogP contribution in [0, 0.1) is 0 Å². The van der Waals surface area contributed by atoms with E-state index in [1.807, 2.05) is 30.3 Å². The molecule has 0 aliphatic rings. The van der Waals surface area contributed by atoms with E-state index in [4.69, 9.17) is 13.8 Å². The van der Waals surface area contributed by atoms with Gasteiger partial charge >= 0.3 is 13.8 Å². The van der Waals surface area contributed by atoms with Crippen LogP contribution in [0.3, 0.4) is 0 Å². The Morgan fingerprint density at radius 2 is 1.64 bits per heavy atom. The molecule has 1 aromatic carbocycles. The number of carbonyl (C=O) groups excluding carboxylic acids is 1. The molecule has 1 rings (SSSR count). The zero-order valence-corrected chi connectivity index (χ0v) is 16.8. The van der Waals surface area contributed by atoms with Gasteiger partial charge in [-0.05, 0) is 53.0 Å². The minimum absolute atomic E-state index is 0.176. The Morgan fingerprint density at radius 1 is 1.08 bits per heavy atom. The molecular weight excluding hydrogens is 341 g/mol. The van der Waals surface area contributed by atoms with Crippen LogP contribution in [-0.2, 0) is 24.8 Å². The van der Waals surface area contributed by atoms with Crippen molar-refractivity contribution in [1.82, 2.24) is 4.67 Å². The van der Waals surface area contributed by atoms with Crippen LogP contribution >= 0.6 is 7.75 Å². The van der Waals surface area contributed by atoms with Gasteiger partial charge in [-0.2, -0.15) is 0 Å². The number of nitrogens with zero attached hydrogens (tertiary/aromatic N) is 1. The molecule has 25 heavy (non-hydrogen) atoms. The maximum Gasteiger partial charge on any atom is 0.440 e. The highest BCUT2D eigenvalue weighted by molar-refractivity contribution is 7.52. The summed E-state index contributed by atoms with van der Waals surface area (Å²) in [6.45, 7) is 9.29. The topological polar surface area (TPSA) is 65.1 Å². The number of aryl methyl sites for hydroxylation is 1. The summed E-state index contributed by atoms with van der Waals surface area (Å²) in [5, 5.41) is 0. The Balaban J connectivity index is 2.89. The van der Waals surface area contributed by atoms with Crippen molar-refractivity contribution in [2.45, 2.75) is 53.1 Å². The van der Waals surface area contributed by atoms with Crippen LogP contribution in [0.2, 0.25) is 0 Å². The third kappa shape index (κ3) is 7.59. The smallest absolute Gasteiger partial charge is 0.440 e. The molecule has 1 aromatic rings. The van der Waals surface area contributed by atoms with Crippen molar-refractivity contribution in [3.05, 3.63) is 35.9 Å². The summed E-state index contributed by atoms with van der Waals surface area (Å²) in [5.41, 5.74) is 0.451. The Morgan fingerprint density at radius 3 is 2.12 bits per heavy atom. The number of ether oxygens (including phenoxy) is 1. The van der Waals surface area contributed by atoms with Crippen molar-refractivity contribution in [3.8, 4) is 0 Å². The lowest BCUT2D eigenvalue weighted by molar-refractivity contribution is 0.0317. The van der Waals surface area contributed by atoms with Crippen molar-refractivity contribution < 1.29 is 23.1 Å². The first-order valence-corrected chi connectivity index (χ1v) is 10.2. The van der Waals surface area contributed by atoms with E-state index in [0.29, 0.717) is 6.42 Å². The summed E-state index contributed by atoms with van der Waals surface area (Å²) < 4.78 is 30.2. The number of benzene rings is 1. The molecule has 0 saturated heterocycles. The molecule has 0 fully saturated rings. The maximum absolute atomic E-state index is 13.1. The van der Waals surface area contributed by atoms with Gasteiger partial charge in [-0.15, -0.1) is 0 Å². The van der Waals surface area contributed by atoms with Gasteiger partial charge in [0.1, 0.15) is 5.60 Å². The molecule has 6 nitrogen and oxygen atoms in total. The molecule has 0 unspecified atom stereocenters. The minimum Gasteiger partial charge on any atom is -0.443 e. The predicted octanol–water partition coefficient (Wildman–Crippen LogP) is 5.04. The molecule has 0 aliphatic heterocycles. The first-order valence-electron chi connectivity index (χ1n) is 8.66. The molecule has 142 valence electrons. The number of hydrogen-bond acceptors (Lipinski definition) is 5. The number of rotatable bonds is 9. The summed E-state index contributed by atoms with van der Waals surface area (Å²) in [4.78, 5) is 12.6. The Hall–Kier alpha value is -1.36. The summed E-state index contributed by atoms with van der Waals surface area (Å²) in [6.07, 6.45) is 0.678. The third-order valence-electron chi connectivity index (χ3n) is 3.16. The van der Waals surface area contributed by atoms with Gasteiger partial charge in [-0.1, -0.05) is 30.3 Å². The molecule has 0 bridgehead atoms. The van der Waals surface area contributed by atoms with Crippen LogP contribution in [0.25, 0.3) is 0 Å². The standard InChI is InChI=1S/C18H30NO5P/c1-6-22-25(21,23-7-2)19(17(20)24-18(3,4)5)15-11-14-16-12-9-8-10-13-16/h8-10,12-13H,6-7,11,14-15H2,1-5H3. The molecule has 0 spiro atoms. The first kappa shape index (κ1) is 21.7. The first-order chi connectivity index (χ1) is 11.7. The van der Waals surface area contributed by atoms with Gasteiger partial charge < -0.3 is 4.74 Å². The van der Waals surface area contributed by atoms with E-state index >= 15 is 0 Å². The second kappa shape index (κ2) is 9.95. The van der Waals surface area contributed by atoms with Gasteiger partial charge in [0.25, 0.3) is 0 Å². The van der Waals surface area contributed by atoms with Crippen LogP contribution in [0.5, 0.6) is 0 Å². The monoisotopic (exact) mass is 371 g/mol. The zero-order valence-electron chi connectivity index (χ0n) is 15.9. The average Bonchev–Trinajstić information content (AvgIpc) is 2.51. The van der Waals surface area contributed by atoms with Gasteiger partial charge in [-0.3, -0.25) is 9.05 Å². The van der Waals surface area contributed by atoms with Gasteiger partial charge in [0.05, 0.1) is 13.2 Å². The Kier molecular flexibility index (Phi) is 8.63. The number of hydrogen-bond donors (Lipinski definition) is 0. The van der Waals surface area contributed by atoms with Crippen molar-refractivity contribution in [1.29, 1.82) is 0 Å². The molecule has 0 heterocycles. The minimum atomic E-state index is -3.73. The lowest BCUT2D eigenvalue weighted by Gasteiger charge is -2.31. The fourth-order valence-electron chi connectivity index (χ4n) is 2.21. The van der Waals surface area contributed by atoms with Crippen LogP contribution in [-0.4, -0.2) is 36.1 Å². The normalized spacial score (nSPS) is 12.0. The molecule has 0 atom stereocenters. The quantitative estimate of drug-likeness (QED) is 0.569. The van der Waals surface area contributed by atoms with Gasteiger partial charge in [0.15, 0.2) is 0 Å². The number of amides is 1. The summed E-state index contributed by atoms with van der Waals surface area (Å²) in [5.74, 6) is 0. The van der Waals surface area contributed by atoms with E-state index in [1.165, 1.54) is 0 Å². The highest BCUT2D eigenvalue weighted by Crippen LogP contribution is 2.52. The SMILES string of the molecule is CCOP(=O)(OCC)N(CCCc1ccccc1)C(=O)OC(C)(C)C. The maximum atomic E-state index is 13.1. The molecular formula is C18H30NO5P. The van der Waals surface area contributed by atoms with Crippen LogP contribution in [0.15, 0.2) is 30.3 Å². The average molecular weight is 371 g/mol. The van der Waals surface area contributed by atoms with E-state index in [-0.39, 0.29) is 19.8 Å². The van der Waals surface area contributed by atoms with E-state index in [1.54, 1.807) is 34.6 Å². The van der Waals surface area contributed by atoms with Crippen LogP contribution in [0.1, 0.15) is 46.6 Å². The van der Waals surface area contributed by atoms with Crippen LogP contribution in [0.4, 0.5) is 4.79 Å². The molecule has 0 radical (unpaired) electrons. The molecule has 0 saturated carbocycles. The van der Waals surface area contributed by atoms with E-state index in [9.17, 15) is 9.36 Å². The van der Waals surface area contributed by atoms with E-state index < -0.39 is 19.4 Å². The van der Waals surface area contributed by atoms with Crippen molar-refractivity contribution in [2.75, 3.05) is 19.8 Å². The zero-order chi connectivity index (χ0) is 18.9. The summed E-state index contributed by atoms with van der Waals surface area (Å²) in [6, 6.07) is 9.92. The molecule has 1 amide bonds. The van der Waals surface area contributed by atoms with E-state index in [0.717, 1.165) is 16.7 Å². The molecule has 7 heteroatoms. The number of carbonyl (C=O) groups is 1. The second-order valence-corrected chi connectivity index (χ2v) is 8.43. The lowest BCUT2D eigenvalue weighted by Crippen LogP contribution is -2.36. The van der Waals surface area contributed by atoms with Crippen molar-refractivity contribution in [3.63, 3.8) is 0 Å². The van der Waals surface area contributed by atoms with Gasteiger partial charge in [0, 0.05) is 6.54 Å². The second-order valence-electron chi connectivity index (χ2n) is 6.50. The third-order valence-corrected chi connectivity index (χ3v) is 5.29. The molecule has 0 N–H and O–H groups in total. The Bertz CT molecular complexity index is 561. The van der Waals surface area contributed by atoms with Crippen molar-refractivity contribution in [2.24, 2.45) is 0 Å². The van der Waals surface area contributed by atoms with Crippen LogP contribution < -0.4 is 0 Å². The van der Waals surface area contributed by atoms with Crippen molar-refractivity contribution >= 4 is 13.8 Å². The lowest BCUT2D eigenvalue weighted by atomic mass is 10.1. The highest BCUT2D eigenvalue weighted by atomic mass is 31.2. The fourth-order valence-corrected chi connectivity index (χ4v) is 3.84. The van der Waals surface area contributed by atoms with E-state index in [2.05, 4.69) is 0 Å². The summed E-state index contributed by atoms with van der Waals surface area (Å²) in [7, 11) is -3.73. The van der Waals surface area contributed by atoms with Gasteiger partial charge in [0.2, 0.25) is 0 Å². The molecule has 0 aliphatic carbocycles. The fraction of sp³-hybridized carbons (Fsp3) is 0.611. The Labute approximate surface area is 151 Å².